The molecule has 0 aliphatic carbocycles. The number of halogens is 3. The van der Waals surface area contributed by atoms with Crippen LogP contribution in [0.15, 0.2) is 53.4 Å². The normalized spacial score (nSPS) is 18.6. The minimum absolute atomic E-state index is 0.198. The first-order valence-corrected chi connectivity index (χ1v) is 11.0. The number of hydrogen-bond acceptors (Lipinski definition) is 7. The van der Waals surface area contributed by atoms with E-state index in [4.69, 9.17) is 9.47 Å². The first-order chi connectivity index (χ1) is 15.1. The average Bonchev–Trinajstić information content (AvgIpc) is 3.27. The minimum Gasteiger partial charge on any atom is -0.457 e. The van der Waals surface area contributed by atoms with Gasteiger partial charge in [0.25, 0.3) is 0 Å². The Morgan fingerprint density at radius 2 is 1.62 bits per heavy atom. The van der Waals surface area contributed by atoms with Gasteiger partial charge in [-0.25, -0.2) is 8.42 Å². The highest BCUT2D eigenvalue weighted by molar-refractivity contribution is 7.92. The molecule has 2 N–H and O–H groups in total. The van der Waals surface area contributed by atoms with Crippen molar-refractivity contribution in [2.24, 2.45) is 0 Å². The highest BCUT2D eigenvalue weighted by Crippen LogP contribution is 2.29. The van der Waals surface area contributed by atoms with E-state index in [-0.39, 0.29) is 16.4 Å². The number of rotatable bonds is 9. The van der Waals surface area contributed by atoms with Gasteiger partial charge >= 0.3 is 6.36 Å². The zero-order chi connectivity index (χ0) is 23.4. The third-order valence-corrected chi connectivity index (χ3v) is 6.55. The number of nitrogens with one attached hydrogen (secondary N) is 1. The van der Waals surface area contributed by atoms with E-state index in [9.17, 15) is 31.5 Å². The molecule has 1 aliphatic heterocycles. The molecule has 3 rings (SSSR count). The van der Waals surface area contributed by atoms with Crippen molar-refractivity contribution in [1.29, 1.82) is 0 Å². The molecule has 1 amide bonds. The van der Waals surface area contributed by atoms with Crippen molar-refractivity contribution in [3.8, 4) is 17.2 Å². The number of sulfone groups is 1. The van der Waals surface area contributed by atoms with Crippen LogP contribution in [0.4, 0.5) is 13.2 Å². The van der Waals surface area contributed by atoms with Gasteiger partial charge < -0.3 is 24.6 Å². The molecule has 3 atom stereocenters. The number of aliphatic hydroxyl groups is 1. The molecule has 8 nitrogen and oxygen atoms in total. The molecule has 1 saturated heterocycles. The minimum atomic E-state index is -4.81. The fourth-order valence-electron chi connectivity index (χ4n) is 3.21. The van der Waals surface area contributed by atoms with Gasteiger partial charge in [-0.05, 0) is 61.4 Å². The summed E-state index contributed by atoms with van der Waals surface area (Å²) < 4.78 is 76.9. The second kappa shape index (κ2) is 9.76. The fraction of sp³-hybridized carbons (Fsp3) is 0.350. The Morgan fingerprint density at radius 3 is 2.12 bits per heavy atom. The molecule has 1 unspecified atom stereocenters. The Morgan fingerprint density at radius 1 is 1.06 bits per heavy atom. The first-order valence-electron chi connectivity index (χ1n) is 9.47. The Bertz CT molecular complexity index is 1000. The predicted molar refractivity (Wildman–Crippen MR) is 105 cm³/mol. The van der Waals surface area contributed by atoms with Gasteiger partial charge in [-0.15, -0.1) is 13.2 Å². The van der Waals surface area contributed by atoms with E-state index in [1.165, 1.54) is 36.4 Å². The average molecular weight is 475 g/mol. The fourth-order valence-corrected chi connectivity index (χ4v) is 4.65. The number of ether oxygens (including phenoxy) is 3. The molecular formula is C20H20F3NO7S. The van der Waals surface area contributed by atoms with Crippen molar-refractivity contribution in [2.45, 2.75) is 41.7 Å². The second-order valence-corrected chi connectivity index (χ2v) is 8.93. The Kier molecular flexibility index (Phi) is 7.26. The molecule has 0 bridgehead atoms. The van der Waals surface area contributed by atoms with Crippen LogP contribution in [0.3, 0.4) is 0 Å². The number of carbonyl (C=O) groups excluding carboxylic acids is 1. The van der Waals surface area contributed by atoms with Crippen LogP contribution in [0.2, 0.25) is 0 Å². The number of benzene rings is 2. The highest BCUT2D eigenvalue weighted by Gasteiger charge is 2.39. The van der Waals surface area contributed by atoms with Crippen LogP contribution < -0.4 is 14.8 Å². The van der Waals surface area contributed by atoms with Crippen molar-refractivity contribution >= 4 is 16.2 Å². The van der Waals surface area contributed by atoms with Gasteiger partial charge in [-0.3, -0.25) is 4.79 Å². The van der Waals surface area contributed by atoms with Gasteiger partial charge in [0.1, 0.15) is 17.2 Å². The van der Waals surface area contributed by atoms with Crippen LogP contribution >= 0.6 is 0 Å². The van der Waals surface area contributed by atoms with Crippen molar-refractivity contribution in [3.05, 3.63) is 48.5 Å². The molecule has 32 heavy (non-hydrogen) atoms. The number of alkyl halides is 3. The summed E-state index contributed by atoms with van der Waals surface area (Å²) in [6.07, 6.45) is -3.94. The van der Waals surface area contributed by atoms with Crippen molar-refractivity contribution in [2.75, 3.05) is 6.61 Å². The third-order valence-electron chi connectivity index (χ3n) is 4.70. The smallest absolute Gasteiger partial charge is 0.457 e. The molecule has 1 aliphatic rings. The summed E-state index contributed by atoms with van der Waals surface area (Å²) in [6, 6.07) is 8.60. The van der Waals surface area contributed by atoms with E-state index < -0.39 is 39.5 Å². The van der Waals surface area contributed by atoms with Crippen LogP contribution in [-0.2, 0) is 19.4 Å². The standard InChI is InChI=1S/C20H20F3NO7S/c21-20(22,23)31-15-5-3-13(4-6-15)30-14-7-9-16(10-8-14)32(27,28)19(26)18(24-12-25)17-2-1-11-29-17/h3-10,12,17-19,26H,1-2,11H2,(H,24,25)/t17-,18+,19?/m1/s1. The predicted octanol–water partition coefficient (Wildman–Crippen LogP) is 2.76. The number of carbonyl (C=O) groups is 1. The first kappa shape index (κ1) is 23.8. The molecule has 0 saturated carbocycles. The third kappa shape index (κ3) is 5.90. The van der Waals surface area contributed by atoms with Gasteiger partial charge in [0.15, 0.2) is 5.44 Å². The van der Waals surface area contributed by atoms with Crippen LogP contribution in [0.25, 0.3) is 0 Å². The molecule has 2 aromatic carbocycles. The van der Waals surface area contributed by atoms with E-state index in [2.05, 4.69) is 10.1 Å². The summed E-state index contributed by atoms with van der Waals surface area (Å²) in [6.45, 7) is 0.407. The maximum absolute atomic E-state index is 12.8. The lowest BCUT2D eigenvalue weighted by molar-refractivity contribution is -0.274. The summed E-state index contributed by atoms with van der Waals surface area (Å²) in [5.74, 6) is -0.00146. The van der Waals surface area contributed by atoms with Gasteiger partial charge in [0, 0.05) is 6.61 Å². The molecule has 0 radical (unpaired) electrons. The van der Waals surface area contributed by atoms with Crippen LogP contribution in [-0.4, -0.2) is 50.5 Å². The molecule has 12 heteroatoms. The molecule has 1 heterocycles. The molecule has 1 fully saturated rings. The second-order valence-electron chi connectivity index (χ2n) is 6.89. The van der Waals surface area contributed by atoms with Gasteiger partial charge in [-0.2, -0.15) is 0 Å². The molecule has 0 spiro atoms. The van der Waals surface area contributed by atoms with Crippen LogP contribution in [0, 0.1) is 0 Å². The maximum Gasteiger partial charge on any atom is 0.573 e. The van der Waals surface area contributed by atoms with Crippen LogP contribution in [0.5, 0.6) is 17.2 Å². The van der Waals surface area contributed by atoms with E-state index in [0.717, 1.165) is 12.1 Å². The van der Waals surface area contributed by atoms with E-state index in [1.54, 1.807) is 0 Å². The zero-order valence-corrected chi connectivity index (χ0v) is 17.3. The zero-order valence-electron chi connectivity index (χ0n) is 16.5. The van der Waals surface area contributed by atoms with E-state index in [1.807, 2.05) is 0 Å². The molecule has 174 valence electrons. The molecule has 2 aromatic rings. The van der Waals surface area contributed by atoms with Gasteiger partial charge in [-0.1, -0.05) is 0 Å². The quantitative estimate of drug-likeness (QED) is 0.537. The summed E-state index contributed by atoms with van der Waals surface area (Å²) in [7, 11) is -4.23. The van der Waals surface area contributed by atoms with Crippen LogP contribution in [0.1, 0.15) is 12.8 Å². The van der Waals surface area contributed by atoms with Crippen molar-refractivity contribution in [1.82, 2.24) is 5.32 Å². The van der Waals surface area contributed by atoms with E-state index in [0.29, 0.717) is 25.9 Å². The number of amides is 1. The Balaban J connectivity index is 1.70. The summed E-state index contributed by atoms with van der Waals surface area (Å²) >= 11 is 0. The maximum atomic E-state index is 12.8. The van der Waals surface area contributed by atoms with Gasteiger partial charge in [0.05, 0.1) is 17.0 Å². The monoisotopic (exact) mass is 475 g/mol. The largest absolute Gasteiger partial charge is 0.573 e. The lowest BCUT2D eigenvalue weighted by Crippen LogP contribution is -2.51. The number of aliphatic hydroxyl groups excluding tert-OH is 1. The SMILES string of the molecule is O=CN[C@H](C(O)S(=O)(=O)c1ccc(Oc2ccc(OC(F)(F)F)cc2)cc1)[C@H]1CCCO1. The Hall–Kier alpha value is -2.83. The summed E-state index contributed by atoms with van der Waals surface area (Å²) in [4.78, 5) is 10.7. The van der Waals surface area contributed by atoms with E-state index >= 15 is 0 Å². The summed E-state index contributed by atoms with van der Waals surface area (Å²) in [5.41, 5.74) is -1.93. The summed E-state index contributed by atoms with van der Waals surface area (Å²) in [5, 5.41) is 12.8. The number of hydrogen-bond donors (Lipinski definition) is 2. The van der Waals surface area contributed by atoms with Crippen molar-refractivity contribution < 1.29 is 45.7 Å². The molecular weight excluding hydrogens is 455 g/mol. The molecule has 0 aromatic heterocycles. The topological polar surface area (TPSA) is 111 Å². The Labute approximate surface area is 181 Å². The lowest BCUT2D eigenvalue weighted by atomic mass is 10.1. The van der Waals surface area contributed by atoms with Gasteiger partial charge in [0.2, 0.25) is 16.2 Å². The lowest BCUT2D eigenvalue weighted by Gasteiger charge is -2.27. The highest BCUT2D eigenvalue weighted by atomic mass is 32.2. The van der Waals surface area contributed by atoms with Crippen molar-refractivity contribution in [3.63, 3.8) is 0 Å².